The molecule has 7 atom stereocenters. The van der Waals surface area contributed by atoms with Crippen molar-refractivity contribution >= 4 is 11.6 Å². The van der Waals surface area contributed by atoms with Gasteiger partial charge in [0.1, 0.15) is 11.6 Å². The van der Waals surface area contributed by atoms with Crippen molar-refractivity contribution < 1.29 is 23.8 Å². The van der Waals surface area contributed by atoms with Crippen LogP contribution in [0.1, 0.15) is 54.4 Å². The minimum atomic E-state index is -0.241. The van der Waals surface area contributed by atoms with E-state index < -0.39 is 0 Å². The Balaban J connectivity index is 5.43. The molecule has 0 rings (SSSR count). The van der Waals surface area contributed by atoms with Crippen molar-refractivity contribution in [1.82, 2.24) is 0 Å². The van der Waals surface area contributed by atoms with Crippen molar-refractivity contribution in [1.29, 1.82) is 0 Å². The Morgan fingerprint density at radius 2 is 0.920 bits per heavy atom. The number of methoxy groups -OCH3 is 3. The van der Waals surface area contributed by atoms with Gasteiger partial charge in [0, 0.05) is 57.8 Å². The standard InChI is InChI=1S/C20H38O5/c1-10-16(21)12(3)18(23-7)14(5)20(25-9)15(6)19(24-8)13(4)17(22)11-2/h12-15,18-20H,10-11H2,1-9H3/t12-,13+,14+,15-,18+,19-,20?. The molecule has 148 valence electrons. The van der Waals surface area contributed by atoms with Gasteiger partial charge in [-0.2, -0.15) is 0 Å². The molecule has 0 aliphatic heterocycles. The maximum atomic E-state index is 12.1. The number of hydrogen-bond donors (Lipinski definition) is 0. The molecule has 0 amide bonds. The Hall–Kier alpha value is -0.780. The van der Waals surface area contributed by atoms with Gasteiger partial charge in [0.05, 0.1) is 18.3 Å². The number of rotatable bonds is 13. The summed E-state index contributed by atoms with van der Waals surface area (Å²) in [7, 11) is 4.93. The number of hydrogen-bond acceptors (Lipinski definition) is 5. The monoisotopic (exact) mass is 358 g/mol. The third kappa shape index (κ3) is 6.15. The van der Waals surface area contributed by atoms with Crippen LogP contribution in [0.5, 0.6) is 0 Å². The van der Waals surface area contributed by atoms with Crippen LogP contribution in [0.15, 0.2) is 0 Å². The fourth-order valence-corrected chi connectivity index (χ4v) is 4.04. The molecule has 0 aromatic rings. The second-order valence-electron chi connectivity index (χ2n) is 7.04. The Labute approximate surface area is 153 Å². The van der Waals surface area contributed by atoms with Gasteiger partial charge in [-0.25, -0.2) is 0 Å². The Morgan fingerprint density at radius 3 is 1.12 bits per heavy atom. The third-order valence-electron chi connectivity index (χ3n) is 5.59. The summed E-state index contributed by atoms with van der Waals surface area (Å²) in [6.07, 6.45) is 0.311. The molecule has 25 heavy (non-hydrogen) atoms. The van der Waals surface area contributed by atoms with Crippen LogP contribution in [0.25, 0.3) is 0 Å². The number of ether oxygens (including phenoxy) is 3. The van der Waals surface area contributed by atoms with E-state index in [1.165, 1.54) is 0 Å². The first-order chi connectivity index (χ1) is 11.7. The average molecular weight is 359 g/mol. The molecule has 0 aliphatic rings. The fourth-order valence-electron chi connectivity index (χ4n) is 4.04. The maximum absolute atomic E-state index is 12.1. The van der Waals surface area contributed by atoms with Crippen molar-refractivity contribution in [3.05, 3.63) is 0 Å². The molecule has 0 N–H and O–H groups in total. The van der Waals surface area contributed by atoms with E-state index in [-0.39, 0.29) is 53.6 Å². The van der Waals surface area contributed by atoms with Crippen LogP contribution in [0.3, 0.4) is 0 Å². The van der Waals surface area contributed by atoms with Crippen LogP contribution in [-0.4, -0.2) is 51.2 Å². The molecule has 0 radical (unpaired) electrons. The average Bonchev–Trinajstić information content (AvgIpc) is 2.61. The summed E-state index contributed by atoms with van der Waals surface area (Å²) in [5.74, 6) is -0.0803. The molecule has 1 unspecified atom stereocenters. The number of carbonyl (C=O) groups is 2. The van der Waals surface area contributed by atoms with Gasteiger partial charge in [0.2, 0.25) is 0 Å². The summed E-state index contributed by atoms with van der Waals surface area (Å²) < 4.78 is 17.1. The number of ketones is 2. The fraction of sp³-hybridized carbons (Fsp3) is 0.900. The van der Waals surface area contributed by atoms with E-state index in [4.69, 9.17) is 14.2 Å². The third-order valence-corrected chi connectivity index (χ3v) is 5.59. The first-order valence-electron chi connectivity index (χ1n) is 9.35. The quantitative estimate of drug-likeness (QED) is 0.504. The Bertz CT molecular complexity index is 373. The molecular formula is C20H38O5. The Morgan fingerprint density at radius 1 is 0.640 bits per heavy atom. The number of carbonyl (C=O) groups excluding carboxylic acids is 2. The molecule has 0 bridgehead atoms. The normalized spacial score (nSPS) is 20.2. The molecular weight excluding hydrogens is 320 g/mol. The summed E-state index contributed by atoms with van der Waals surface area (Å²) in [5, 5.41) is 0. The topological polar surface area (TPSA) is 61.8 Å². The van der Waals surface area contributed by atoms with Crippen LogP contribution >= 0.6 is 0 Å². The second-order valence-corrected chi connectivity index (χ2v) is 7.04. The van der Waals surface area contributed by atoms with Crippen molar-refractivity contribution in [2.24, 2.45) is 23.7 Å². The lowest BCUT2D eigenvalue weighted by Gasteiger charge is -2.39. The predicted molar refractivity (Wildman–Crippen MR) is 99.6 cm³/mol. The highest BCUT2D eigenvalue weighted by molar-refractivity contribution is 5.81. The first-order valence-corrected chi connectivity index (χ1v) is 9.35. The van der Waals surface area contributed by atoms with Crippen LogP contribution in [0, 0.1) is 23.7 Å². The van der Waals surface area contributed by atoms with Crippen molar-refractivity contribution in [2.45, 2.75) is 72.7 Å². The minimum Gasteiger partial charge on any atom is -0.381 e. The van der Waals surface area contributed by atoms with Crippen molar-refractivity contribution in [3.63, 3.8) is 0 Å². The molecule has 0 aromatic carbocycles. The van der Waals surface area contributed by atoms with E-state index >= 15 is 0 Å². The molecule has 0 saturated heterocycles. The zero-order valence-electron chi connectivity index (χ0n) is 17.5. The molecule has 0 aromatic heterocycles. The summed E-state index contributed by atoms with van der Waals surface area (Å²) >= 11 is 0. The van der Waals surface area contributed by atoms with Gasteiger partial charge < -0.3 is 14.2 Å². The van der Waals surface area contributed by atoms with Crippen LogP contribution in [0.4, 0.5) is 0 Å². The SMILES string of the molecule is CCC(=O)[C@@H](C)[C@H](OC)[C@H](C)C(OC)[C@H](C)[C@H](OC)[C@@H](C)C(=O)CC. The summed E-state index contributed by atoms with van der Waals surface area (Å²) in [6.45, 7) is 11.6. The zero-order chi connectivity index (χ0) is 19.7. The number of Topliss-reactive ketones (excluding diaryl/α,β-unsaturated/α-hetero) is 2. The van der Waals surface area contributed by atoms with Gasteiger partial charge in [-0.05, 0) is 0 Å². The molecule has 0 heterocycles. The van der Waals surface area contributed by atoms with Gasteiger partial charge in [-0.15, -0.1) is 0 Å². The highest BCUT2D eigenvalue weighted by Crippen LogP contribution is 2.31. The molecule has 0 spiro atoms. The molecule has 5 nitrogen and oxygen atoms in total. The lowest BCUT2D eigenvalue weighted by atomic mass is 9.77. The largest absolute Gasteiger partial charge is 0.381 e. The van der Waals surface area contributed by atoms with E-state index in [2.05, 4.69) is 0 Å². The molecule has 0 fully saturated rings. The van der Waals surface area contributed by atoms with Gasteiger partial charge in [0.25, 0.3) is 0 Å². The summed E-state index contributed by atoms with van der Waals surface area (Å²) in [5.41, 5.74) is 0. The van der Waals surface area contributed by atoms with Gasteiger partial charge >= 0.3 is 0 Å². The predicted octanol–water partition coefficient (Wildman–Crippen LogP) is 3.53. The lowest BCUT2D eigenvalue weighted by Crippen LogP contribution is -2.47. The van der Waals surface area contributed by atoms with Crippen molar-refractivity contribution in [2.75, 3.05) is 21.3 Å². The van der Waals surface area contributed by atoms with Gasteiger partial charge in [0.15, 0.2) is 0 Å². The lowest BCUT2D eigenvalue weighted by molar-refractivity contribution is -0.138. The molecule has 0 saturated carbocycles. The van der Waals surface area contributed by atoms with Crippen molar-refractivity contribution in [3.8, 4) is 0 Å². The first kappa shape index (κ1) is 24.2. The Kier molecular flexibility index (Phi) is 11.4. The summed E-state index contributed by atoms with van der Waals surface area (Å²) in [4.78, 5) is 24.3. The zero-order valence-corrected chi connectivity index (χ0v) is 17.5. The highest BCUT2D eigenvalue weighted by Gasteiger charge is 2.40. The second kappa shape index (κ2) is 11.8. The van der Waals surface area contributed by atoms with Crippen LogP contribution in [-0.2, 0) is 23.8 Å². The van der Waals surface area contributed by atoms with Gasteiger partial charge in [-0.1, -0.05) is 41.5 Å². The minimum absolute atomic E-state index is 0.0166. The van der Waals surface area contributed by atoms with E-state index in [1.807, 2.05) is 41.5 Å². The van der Waals surface area contributed by atoms with E-state index in [0.717, 1.165) is 0 Å². The summed E-state index contributed by atoms with van der Waals surface area (Å²) in [6, 6.07) is 0. The smallest absolute Gasteiger partial charge is 0.138 e. The van der Waals surface area contributed by atoms with E-state index in [1.54, 1.807) is 21.3 Å². The molecule has 5 heteroatoms. The van der Waals surface area contributed by atoms with Gasteiger partial charge in [-0.3, -0.25) is 9.59 Å². The highest BCUT2D eigenvalue weighted by atomic mass is 16.5. The maximum Gasteiger partial charge on any atom is 0.138 e. The molecule has 0 aliphatic carbocycles. The van der Waals surface area contributed by atoms with Crippen LogP contribution in [0.2, 0.25) is 0 Å². The van der Waals surface area contributed by atoms with E-state index in [0.29, 0.717) is 12.8 Å². The van der Waals surface area contributed by atoms with Crippen LogP contribution < -0.4 is 0 Å². The van der Waals surface area contributed by atoms with E-state index in [9.17, 15) is 9.59 Å².